The van der Waals surface area contributed by atoms with Gasteiger partial charge in [0.2, 0.25) is 0 Å². The van der Waals surface area contributed by atoms with Gasteiger partial charge in [0, 0.05) is 20.1 Å². The van der Waals surface area contributed by atoms with Crippen LogP contribution in [0.3, 0.4) is 0 Å². The van der Waals surface area contributed by atoms with E-state index < -0.39 is 6.10 Å². The highest BCUT2D eigenvalue weighted by Crippen LogP contribution is 2.19. The second-order valence-corrected chi connectivity index (χ2v) is 4.80. The largest absolute Gasteiger partial charge is 0.388 e. The van der Waals surface area contributed by atoms with Gasteiger partial charge in [-0.2, -0.15) is 5.10 Å². The fraction of sp³-hybridized carbons (Fsp3) is 0.467. The van der Waals surface area contributed by atoms with Gasteiger partial charge in [0.25, 0.3) is 0 Å². The summed E-state index contributed by atoms with van der Waals surface area (Å²) >= 11 is 0. The minimum atomic E-state index is -0.577. The van der Waals surface area contributed by atoms with Gasteiger partial charge in [-0.05, 0) is 17.5 Å². The molecule has 1 N–H and O–H groups in total. The minimum Gasteiger partial charge on any atom is -0.388 e. The van der Waals surface area contributed by atoms with Crippen LogP contribution in [-0.4, -0.2) is 27.0 Å². The van der Waals surface area contributed by atoms with E-state index >= 15 is 0 Å². The van der Waals surface area contributed by atoms with Crippen molar-refractivity contribution in [3.8, 4) is 0 Å². The van der Waals surface area contributed by atoms with Gasteiger partial charge in [-0.25, -0.2) is 4.98 Å². The molecule has 2 rings (SSSR count). The summed E-state index contributed by atoms with van der Waals surface area (Å²) in [6, 6.07) is 7.81. The van der Waals surface area contributed by atoms with Crippen LogP contribution in [0.1, 0.15) is 36.4 Å². The zero-order valence-electron chi connectivity index (χ0n) is 12.0. The summed E-state index contributed by atoms with van der Waals surface area (Å²) in [4.78, 5) is 4.23. The van der Waals surface area contributed by atoms with Crippen molar-refractivity contribution in [1.82, 2.24) is 14.8 Å². The Kier molecular flexibility index (Phi) is 5.26. The molecule has 0 saturated heterocycles. The first-order valence-corrected chi connectivity index (χ1v) is 6.87. The molecule has 5 nitrogen and oxygen atoms in total. The summed E-state index contributed by atoms with van der Waals surface area (Å²) in [5.41, 5.74) is 1.93. The van der Waals surface area contributed by atoms with E-state index in [2.05, 4.69) is 17.0 Å². The average Bonchev–Trinajstić information content (AvgIpc) is 2.87. The van der Waals surface area contributed by atoms with E-state index in [0.29, 0.717) is 13.0 Å². The lowest BCUT2D eigenvalue weighted by atomic mass is 10.0. The molecule has 1 aromatic heterocycles. The number of aryl methyl sites for hydroxylation is 1. The molecule has 108 valence electrons. The Morgan fingerprint density at radius 1 is 1.40 bits per heavy atom. The number of hydrogen-bond donors (Lipinski definition) is 1. The van der Waals surface area contributed by atoms with Crippen LogP contribution in [0, 0.1) is 0 Å². The maximum absolute atomic E-state index is 10.4. The number of hydrogen-bond acceptors (Lipinski definition) is 4. The van der Waals surface area contributed by atoms with Crippen LogP contribution in [0.15, 0.2) is 30.6 Å². The second kappa shape index (κ2) is 7.17. The predicted molar refractivity (Wildman–Crippen MR) is 76.1 cm³/mol. The average molecular weight is 275 g/mol. The lowest BCUT2D eigenvalue weighted by Gasteiger charge is -2.12. The Bertz CT molecular complexity index is 539. The van der Waals surface area contributed by atoms with Gasteiger partial charge in [-0.1, -0.05) is 31.2 Å². The molecule has 20 heavy (non-hydrogen) atoms. The van der Waals surface area contributed by atoms with E-state index in [1.165, 1.54) is 0 Å². The van der Waals surface area contributed by atoms with Crippen LogP contribution in [0.25, 0.3) is 0 Å². The molecule has 1 unspecified atom stereocenters. The molecule has 0 spiro atoms. The summed E-state index contributed by atoms with van der Waals surface area (Å²) in [6.45, 7) is 3.47. The molecule has 0 saturated carbocycles. The molecule has 0 amide bonds. The van der Waals surface area contributed by atoms with Crippen LogP contribution in [-0.2, 0) is 24.3 Å². The Morgan fingerprint density at radius 2 is 2.25 bits per heavy atom. The zero-order valence-corrected chi connectivity index (χ0v) is 12.0. The standard InChI is InChI=1S/C15H21N3O2/c1-3-7-18-15(16-11-17-18)9-14(19)13-6-4-5-12(8-13)10-20-2/h4-6,8,11,14,19H,3,7,9-10H2,1-2H3. The maximum atomic E-state index is 10.4. The lowest BCUT2D eigenvalue weighted by Crippen LogP contribution is -2.10. The molecular weight excluding hydrogens is 254 g/mol. The number of rotatable bonds is 7. The maximum Gasteiger partial charge on any atom is 0.138 e. The first-order valence-electron chi connectivity index (χ1n) is 6.87. The molecule has 0 aliphatic rings. The molecule has 5 heteroatoms. The van der Waals surface area contributed by atoms with Gasteiger partial charge >= 0.3 is 0 Å². The van der Waals surface area contributed by atoms with Crippen molar-refractivity contribution in [3.05, 3.63) is 47.5 Å². The molecule has 1 aromatic carbocycles. The van der Waals surface area contributed by atoms with Gasteiger partial charge in [-0.15, -0.1) is 0 Å². The Labute approximate surface area is 119 Å². The predicted octanol–water partition coefficient (Wildman–Crippen LogP) is 2.11. The van der Waals surface area contributed by atoms with Gasteiger partial charge in [0.1, 0.15) is 12.2 Å². The van der Waals surface area contributed by atoms with Gasteiger partial charge in [0.15, 0.2) is 0 Å². The van der Waals surface area contributed by atoms with Crippen molar-refractivity contribution < 1.29 is 9.84 Å². The van der Waals surface area contributed by atoms with Crippen molar-refractivity contribution in [2.24, 2.45) is 0 Å². The number of methoxy groups -OCH3 is 1. The van der Waals surface area contributed by atoms with Crippen molar-refractivity contribution in [1.29, 1.82) is 0 Å². The Morgan fingerprint density at radius 3 is 3.00 bits per heavy atom. The number of benzene rings is 1. The molecule has 0 aliphatic heterocycles. The summed E-state index contributed by atoms with van der Waals surface area (Å²) in [6.07, 6.45) is 2.43. The first-order chi connectivity index (χ1) is 9.74. The molecule has 2 aromatic rings. The minimum absolute atomic E-state index is 0.469. The highest BCUT2D eigenvalue weighted by atomic mass is 16.5. The topological polar surface area (TPSA) is 60.2 Å². The van der Waals surface area contributed by atoms with E-state index in [1.54, 1.807) is 13.4 Å². The van der Waals surface area contributed by atoms with E-state index in [0.717, 1.165) is 29.9 Å². The van der Waals surface area contributed by atoms with Gasteiger partial charge in [-0.3, -0.25) is 4.68 Å². The highest BCUT2D eigenvalue weighted by Gasteiger charge is 2.13. The van der Waals surface area contributed by atoms with E-state index in [4.69, 9.17) is 4.74 Å². The fourth-order valence-corrected chi connectivity index (χ4v) is 2.19. The second-order valence-electron chi connectivity index (χ2n) is 4.80. The van der Waals surface area contributed by atoms with Gasteiger partial charge in [0.05, 0.1) is 12.7 Å². The number of aliphatic hydroxyl groups excluding tert-OH is 1. The van der Waals surface area contributed by atoms with Crippen LogP contribution < -0.4 is 0 Å². The SMILES string of the molecule is CCCn1ncnc1CC(O)c1cccc(COC)c1. The number of aromatic nitrogens is 3. The number of nitrogens with zero attached hydrogens (tertiary/aromatic N) is 3. The van der Waals surface area contributed by atoms with Crippen molar-refractivity contribution in [2.45, 2.75) is 39.0 Å². The molecule has 0 bridgehead atoms. The molecule has 0 aliphatic carbocycles. The van der Waals surface area contributed by atoms with Crippen LogP contribution in [0.4, 0.5) is 0 Å². The number of aliphatic hydroxyl groups is 1. The lowest BCUT2D eigenvalue weighted by molar-refractivity contribution is 0.171. The highest BCUT2D eigenvalue weighted by molar-refractivity contribution is 5.25. The van der Waals surface area contributed by atoms with Gasteiger partial charge < -0.3 is 9.84 Å². The quantitative estimate of drug-likeness (QED) is 0.840. The third kappa shape index (κ3) is 3.65. The van der Waals surface area contributed by atoms with Crippen LogP contribution >= 0.6 is 0 Å². The summed E-state index contributed by atoms with van der Waals surface area (Å²) in [7, 11) is 1.66. The fourth-order valence-electron chi connectivity index (χ4n) is 2.19. The third-order valence-corrected chi connectivity index (χ3v) is 3.15. The molecule has 1 atom stereocenters. The van der Waals surface area contributed by atoms with Crippen LogP contribution in [0.5, 0.6) is 0 Å². The normalized spacial score (nSPS) is 12.6. The van der Waals surface area contributed by atoms with Crippen molar-refractivity contribution >= 4 is 0 Å². The van der Waals surface area contributed by atoms with E-state index in [9.17, 15) is 5.11 Å². The summed E-state index contributed by atoms with van der Waals surface area (Å²) in [5.74, 6) is 0.816. The van der Waals surface area contributed by atoms with E-state index in [-0.39, 0.29) is 0 Å². The van der Waals surface area contributed by atoms with Crippen molar-refractivity contribution in [3.63, 3.8) is 0 Å². The summed E-state index contributed by atoms with van der Waals surface area (Å²) < 4.78 is 6.96. The summed E-state index contributed by atoms with van der Waals surface area (Å²) in [5, 5.41) is 14.5. The molecule has 0 fully saturated rings. The Hall–Kier alpha value is -1.72. The monoisotopic (exact) mass is 275 g/mol. The smallest absolute Gasteiger partial charge is 0.138 e. The first kappa shape index (κ1) is 14.7. The molecule has 1 heterocycles. The van der Waals surface area contributed by atoms with Crippen molar-refractivity contribution in [2.75, 3.05) is 7.11 Å². The Balaban J connectivity index is 2.09. The molecule has 0 radical (unpaired) electrons. The van der Waals surface area contributed by atoms with E-state index in [1.807, 2.05) is 28.9 Å². The van der Waals surface area contributed by atoms with Crippen LogP contribution in [0.2, 0.25) is 0 Å². The molecular formula is C15H21N3O2. The third-order valence-electron chi connectivity index (χ3n) is 3.15. The zero-order chi connectivity index (χ0) is 14.4. The number of ether oxygens (including phenoxy) is 1.